The first-order chi connectivity index (χ1) is 22.3. The van der Waals surface area contributed by atoms with Crippen molar-refractivity contribution in [1.29, 1.82) is 0 Å². The predicted octanol–water partition coefficient (Wildman–Crippen LogP) is 10.3. The van der Waals surface area contributed by atoms with E-state index in [1.807, 2.05) is 30.7 Å². The van der Waals surface area contributed by atoms with Gasteiger partial charge in [0.1, 0.15) is 0 Å². The molecule has 0 amide bonds. The number of fused-ring (bicyclic) bond motifs is 6. The zero-order chi connectivity index (χ0) is 29.7. The predicted molar refractivity (Wildman–Crippen MR) is 185 cm³/mol. The van der Waals surface area contributed by atoms with E-state index in [4.69, 9.17) is 10.1 Å². The fourth-order valence-electron chi connectivity index (χ4n) is 6.73. The van der Waals surface area contributed by atoms with E-state index in [0.717, 1.165) is 72.0 Å². The lowest BCUT2D eigenvalue weighted by molar-refractivity contribution is 0.976. The molecular formula is C41H26N4. The highest BCUT2D eigenvalue weighted by molar-refractivity contribution is 6.13. The summed E-state index contributed by atoms with van der Waals surface area (Å²) in [6.45, 7) is 0. The molecule has 0 aliphatic rings. The van der Waals surface area contributed by atoms with Crippen molar-refractivity contribution in [2.45, 2.75) is 0 Å². The molecular weight excluding hydrogens is 548 g/mol. The Morgan fingerprint density at radius 3 is 1.82 bits per heavy atom. The van der Waals surface area contributed by atoms with Crippen molar-refractivity contribution in [1.82, 2.24) is 19.6 Å². The number of hydrogen-bond acceptors (Lipinski definition) is 3. The van der Waals surface area contributed by atoms with Gasteiger partial charge in [0.15, 0.2) is 0 Å². The van der Waals surface area contributed by atoms with Crippen LogP contribution in [0.4, 0.5) is 0 Å². The highest BCUT2D eigenvalue weighted by Gasteiger charge is 2.21. The summed E-state index contributed by atoms with van der Waals surface area (Å²) < 4.78 is 2.14. The van der Waals surface area contributed by atoms with Crippen LogP contribution in [0.1, 0.15) is 0 Å². The Hall–Kier alpha value is -6.13. The number of rotatable bonds is 4. The summed E-state index contributed by atoms with van der Waals surface area (Å²) in [5.74, 6) is 0. The van der Waals surface area contributed by atoms with Gasteiger partial charge in [-0.05, 0) is 45.8 Å². The molecule has 45 heavy (non-hydrogen) atoms. The second-order valence-electron chi connectivity index (χ2n) is 11.3. The molecule has 0 aliphatic carbocycles. The molecule has 4 heterocycles. The van der Waals surface area contributed by atoms with E-state index in [2.05, 4.69) is 137 Å². The summed E-state index contributed by atoms with van der Waals surface area (Å²) in [4.78, 5) is 9.36. The molecule has 210 valence electrons. The maximum atomic E-state index is 5.04. The molecule has 4 heteroatoms. The fourth-order valence-corrected chi connectivity index (χ4v) is 6.73. The normalized spacial score (nSPS) is 11.6. The maximum Gasteiger partial charge on any atom is 0.0970 e. The smallest absolute Gasteiger partial charge is 0.0970 e. The van der Waals surface area contributed by atoms with Crippen molar-refractivity contribution in [3.05, 3.63) is 158 Å². The van der Waals surface area contributed by atoms with Gasteiger partial charge in [0, 0.05) is 45.2 Å². The molecule has 0 unspecified atom stereocenters. The van der Waals surface area contributed by atoms with E-state index >= 15 is 0 Å². The summed E-state index contributed by atoms with van der Waals surface area (Å²) in [5, 5.41) is 9.59. The molecule has 4 aromatic heterocycles. The van der Waals surface area contributed by atoms with Crippen LogP contribution in [-0.2, 0) is 0 Å². The molecule has 4 nitrogen and oxygen atoms in total. The van der Waals surface area contributed by atoms with Crippen LogP contribution in [-0.4, -0.2) is 19.6 Å². The molecule has 0 aliphatic heterocycles. The van der Waals surface area contributed by atoms with Crippen LogP contribution in [0.25, 0.3) is 82.7 Å². The van der Waals surface area contributed by atoms with Gasteiger partial charge in [0.2, 0.25) is 0 Å². The van der Waals surface area contributed by atoms with Gasteiger partial charge in [-0.15, -0.1) is 0 Å². The number of nitrogens with zero attached hydrogens (tertiary/aromatic N) is 4. The average molecular weight is 575 g/mol. The molecule has 5 aromatic carbocycles. The van der Waals surface area contributed by atoms with Gasteiger partial charge in [0.25, 0.3) is 0 Å². The molecule has 9 aromatic rings. The SMILES string of the molecule is c1ccc(-c2cnn3c(-c4ccccc4)c(-c4ccc(-c5cc6cccnc6c6ncccc56)cc4)c4ccccc4c23)cc1. The van der Waals surface area contributed by atoms with Crippen LogP contribution in [0.5, 0.6) is 0 Å². The van der Waals surface area contributed by atoms with E-state index in [1.54, 1.807) is 0 Å². The highest BCUT2D eigenvalue weighted by Crippen LogP contribution is 2.43. The highest BCUT2D eigenvalue weighted by atomic mass is 15.2. The van der Waals surface area contributed by atoms with Crippen molar-refractivity contribution in [2.75, 3.05) is 0 Å². The third-order valence-electron chi connectivity index (χ3n) is 8.75. The van der Waals surface area contributed by atoms with Crippen molar-refractivity contribution in [2.24, 2.45) is 0 Å². The minimum Gasteiger partial charge on any atom is -0.254 e. The first-order valence-electron chi connectivity index (χ1n) is 15.1. The molecule has 0 N–H and O–H groups in total. The largest absolute Gasteiger partial charge is 0.254 e. The number of pyridine rings is 3. The van der Waals surface area contributed by atoms with E-state index in [-0.39, 0.29) is 0 Å². The van der Waals surface area contributed by atoms with Crippen molar-refractivity contribution >= 4 is 38.1 Å². The van der Waals surface area contributed by atoms with E-state index in [9.17, 15) is 0 Å². The Kier molecular flexibility index (Phi) is 5.78. The first kappa shape index (κ1) is 25.4. The zero-order valence-electron chi connectivity index (χ0n) is 24.3. The van der Waals surface area contributed by atoms with Crippen LogP contribution >= 0.6 is 0 Å². The van der Waals surface area contributed by atoms with Gasteiger partial charge in [0.05, 0.1) is 28.4 Å². The minimum absolute atomic E-state index is 0.922. The first-order valence-corrected chi connectivity index (χ1v) is 15.1. The van der Waals surface area contributed by atoms with Gasteiger partial charge >= 0.3 is 0 Å². The van der Waals surface area contributed by atoms with Crippen LogP contribution in [0.3, 0.4) is 0 Å². The number of hydrogen-bond donors (Lipinski definition) is 0. The lowest BCUT2D eigenvalue weighted by Gasteiger charge is -2.18. The summed E-state index contributed by atoms with van der Waals surface area (Å²) >= 11 is 0. The minimum atomic E-state index is 0.922. The Bertz CT molecular complexity index is 2520. The van der Waals surface area contributed by atoms with Crippen molar-refractivity contribution in [3.8, 4) is 44.6 Å². The van der Waals surface area contributed by atoms with Crippen LogP contribution < -0.4 is 0 Å². The molecule has 0 spiro atoms. The molecule has 0 saturated heterocycles. The second-order valence-corrected chi connectivity index (χ2v) is 11.3. The summed E-state index contributed by atoms with van der Waals surface area (Å²) in [6, 6.07) is 49.2. The molecule has 9 rings (SSSR count). The monoisotopic (exact) mass is 574 g/mol. The topological polar surface area (TPSA) is 43.1 Å². The third kappa shape index (κ3) is 4.04. The zero-order valence-corrected chi connectivity index (χ0v) is 24.3. The Balaban J connectivity index is 1.31. The van der Waals surface area contributed by atoms with Crippen molar-refractivity contribution < 1.29 is 0 Å². The van der Waals surface area contributed by atoms with Gasteiger partial charge < -0.3 is 0 Å². The second kappa shape index (κ2) is 10.2. The number of aromatic nitrogens is 4. The van der Waals surface area contributed by atoms with Gasteiger partial charge in [-0.1, -0.05) is 121 Å². The van der Waals surface area contributed by atoms with Gasteiger partial charge in [-0.3, -0.25) is 9.97 Å². The van der Waals surface area contributed by atoms with Crippen LogP contribution in [0.15, 0.2) is 158 Å². The molecule has 0 radical (unpaired) electrons. The number of benzene rings is 5. The van der Waals surface area contributed by atoms with E-state index < -0.39 is 0 Å². The fraction of sp³-hybridized carbons (Fsp3) is 0. The Labute approximate surface area is 259 Å². The van der Waals surface area contributed by atoms with Crippen molar-refractivity contribution in [3.63, 3.8) is 0 Å². The maximum absolute atomic E-state index is 5.04. The standard InChI is InChI=1S/C41H26N4/c1-3-11-27(12-4-1)36-26-44-45-40(30-13-5-2-6-14-30)37(32-16-7-8-17-34(32)41(36)45)29-21-19-28(20-22-29)35-25-31-15-9-23-42-38(31)39-33(35)18-10-24-43-39/h1-26H. The molecule has 0 saturated carbocycles. The van der Waals surface area contributed by atoms with Gasteiger partial charge in [-0.2, -0.15) is 5.10 Å². The lowest BCUT2D eigenvalue weighted by atomic mass is 9.90. The third-order valence-corrected chi connectivity index (χ3v) is 8.75. The van der Waals surface area contributed by atoms with E-state index in [1.165, 1.54) is 10.8 Å². The van der Waals surface area contributed by atoms with Crippen LogP contribution in [0.2, 0.25) is 0 Å². The summed E-state index contributed by atoms with van der Waals surface area (Å²) in [6.07, 6.45) is 5.68. The van der Waals surface area contributed by atoms with E-state index in [0.29, 0.717) is 0 Å². The molecule has 0 atom stereocenters. The Morgan fingerprint density at radius 2 is 1.04 bits per heavy atom. The quantitative estimate of drug-likeness (QED) is 0.196. The molecule has 0 fully saturated rings. The lowest BCUT2D eigenvalue weighted by Crippen LogP contribution is -2.00. The average Bonchev–Trinajstić information content (AvgIpc) is 3.57. The van der Waals surface area contributed by atoms with Gasteiger partial charge in [-0.25, -0.2) is 4.52 Å². The molecule has 0 bridgehead atoms. The Morgan fingerprint density at radius 1 is 0.444 bits per heavy atom. The van der Waals surface area contributed by atoms with Crippen LogP contribution in [0, 0.1) is 0 Å². The summed E-state index contributed by atoms with van der Waals surface area (Å²) in [7, 11) is 0. The summed E-state index contributed by atoms with van der Waals surface area (Å²) in [5.41, 5.74) is 12.0.